The lowest BCUT2D eigenvalue weighted by Gasteiger charge is -2.19. The van der Waals surface area contributed by atoms with Crippen molar-refractivity contribution in [2.75, 3.05) is 11.9 Å². The third kappa shape index (κ3) is 5.67. The van der Waals surface area contributed by atoms with Crippen molar-refractivity contribution < 1.29 is 18.4 Å². The van der Waals surface area contributed by atoms with Gasteiger partial charge in [-0.1, -0.05) is 30.3 Å². The number of anilines is 1. The maximum atomic E-state index is 13.0. The van der Waals surface area contributed by atoms with Crippen molar-refractivity contribution in [2.45, 2.75) is 6.54 Å². The van der Waals surface area contributed by atoms with Gasteiger partial charge in [-0.2, -0.15) is 0 Å². The second-order valence-electron chi connectivity index (χ2n) is 6.07. The molecule has 2 aromatic carbocycles. The predicted molar refractivity (Wildman–Crippen MR) is 105 cm³/mol. The molecule has 28 heavy (non-hydrogen) atoms. The van der Waals surface area contributed by atoms with Gasteiger partial charge in [0.25, 0.3) is 0 Å². The number of hydrogen-bond donors (Lipinski definition) is 1. The molecule has 0 spiro atoms. The topological polar surface area (TPSA) is 62.6 Å². The Bertz CT molecular complexity index is 936. The van der Waals surface area contributed by atoms with Crippen molar-refractivity contribution in [3.05, 3.63) is 96.2 Å². The van der Waals surface area contributed by atoms with Gasteiger partial charge in [0.1, 0.15) is 18.1 Å². The lowest BCUT2D eigenvalue weighted by molar-refractivity contribution is -0.131. The molecule has 1 N–H and O–H groups in total. The maximum Gasteiger partial charge on any atom is 0.247 e. The van der Waals surface area contributed by atoms with Crippen molar-refractivity contribution in [1.29, 1.82) is 0 Å². The van der Waals surface area contributed by atoms with Crippen LogP contribution in [0.25, 0.3) is 6.08 Å². The van der Waals surface area contributed by atoms with E-state index >= 15 is 0 Å². The molecule has 0 aliphatic carbocycles. The molecular formula is C22H19FN2O3. The van der Waals surface area contributed by atoms with E-state index in [0.29, 0.717) is 17.0 Å². The molecule has 0 saturated carbocycles. The zero-order valence-electron chi connectivity index (χ0n) is 15.0. The number of benzene rings is 2. The first-order valence-electron chi connectivity index (χ1n) is 8.70. The Morgan fingerprint density at radius 2 is 1.75 bits per heavy atom. The summed E-state index contributed by atoms with van der Waals surface area (Å²) >= 11 is 0. The number of nitrogens with one attached hydrogen (secondary N) is 1. The number of furan rings is 1. The Morgan fingerprint density at radius 1 is 1.00 bits per heavy atom. The SMILES string of the molecule is O=C(CN(Cc1ccco1)C(=O)/C=C/c1ccc(F)cc1)Nc1ccccc1. The molecule has 2 amide bonds. The lowest BCUT2D eigenvalue weighted by Crippen LogP contribution is -2.36. The zero-order valence-corrected chi connectivity index (χ0v) is 15.0. The van der Waals surface area contributed by atoms with E-state index in [1.54, 1.807) is 42.5 Å². The van der Waals surface area contributed by atoms with Gasteiger partial charge in [0.2, 0.25) is 11.8 Å². The summed E-state index contributed by atoms with van der Waals surface area (Å²) in [6.07, 6.45) is 4.44. The summed E-state index contributed by atoms with van der Waals surface area (Å²) in [5.74, 6) is -0.457. The summed E-state index contributed by atoms with van der Waals surface area (Å²) in [6, 6.07) is 18.2. The van der Waals surface area contributed by atoms with Gasteiger partial charge in [-0.15, -0.1) is 0 Å². The molecule has 142 valence electrons. The summed E-state index contributed by atoms with van der Waals surface area (Å²) in [7, 11) is 0. The molecule has 1 heterocycles. The molecule has 0 radical (unpaired) electrons. The van der Waals surface area contributed by atoms with Gasteiger partial charge in [0.05, 0.1) is 12.8 Å². The van der Waals surface area contributed by atoms with Crippen LogP contribution in [0.3, 0.4) is 0 Å². The van der Waals surface area contributed by atoms with Crippen LogP contribution in [0.1, 0.15) is 11.3 Å². The normalized spacial score (nSPS) is 10.8. The van der Waals surface area contributed by atoms with Gasteiger partial charge < -0.3 is 14.6 Å². The average Bonchev–Trinajstić information content (AvgIpc) is 3.21. The van der Waals surface area contributed by atoms with Crippen LogP contribution in [-0.2, 0) is 16.1 Å². The Hall–Kier alpha value is -3.67. The molecule has 0 bridgehead atoms. The molecule has 0 unspecified atom stereocenters. The van der Waals surface area contributed by atoms with E-state index < -0.39 is 0 Å². The van der Waals surface area contributed by atoms with Crippen molar-refractivity contribution in [3.8, 4) is 0 Å². The number of amides is 2. The quantitative estimate of drug-likeness (QED) is 0.630. The minimum atomic E-state index is -0.357. The van der Waals surface area contributed by atoms with Gasteiger partial charge in [0.15, 0.2) is 0 Å². The fraction of sp³-hybridized carbons (Fsp3) is 0.0909. The Balaban J connectivity index is 1.69. The zero-order chi connectivity index (χ0) is 19.8. The van der Waals surface area contributed by atoms with Crippen LogP contribution < -0.4 is 5.32 Å². The number of rotatable bonds is 7. The van der Waals surface area contributed by atoms with Crippen molar-refractivity contribution >= 4 is 23.6 Å². The van der Waals surface area contributed by atoms with Crippen LogP contribution in [-0.4, -0.2) is 23.3 Å². The van der Waals surface area contributed by atoms with Gasteiger partial charge in [-0.25, -0.2) is 4.39 Å². The predicted octanol–water partition coefficient (Wildman–Crippen LogP) is 4.10. The van der Waals surface area contributed by atoms with Gasteiger partial charge >= 0.3 is 0 Å². The third-order valence-corrected chi connectivity index (χ3v) is 3.92. The van der Waals surface area contributed by atoms with Gasteiger partial charge in [0, 0.05) is 11.8 Å². The van der Waals surface area contributed by atoms with Crippen LogP contribution in [0.4, 0.5) is 10.1 Å². The number of carbonyl (C=O) groups excluding carboxylic acids is 2. The molecule has 0 aliphatic rings. The molecule has 3 rings (SSSR count). The molecule has 0 atom stereocenters. The van der Waals surface area contributed by atoms with E-state index in [4.69, 9.17) is 4.42 Å². The fourth-order valence-corrected chi connectivity index (χ4v) is 2.54. The average molecular weight is 378 g/mol. The molecule has 6 heteroatoms. The van der Waals surface area contributed by atoms with E-state index in [1.807, 2.05) is 18.2 Å². The first kappa shape index (κ1) is 19.1. The van der Waals surface area contributed by atoms with Gasteiger partial charge in [-0.3, -0.25) is 9.59 Å². The maximum absolute atomic E-state index is 13.0. The summed E-state index contributed by atoms with van der Waals surface area (Å²) in [5, 5.41) is 2.76. The summed E-state index contributed by atoms with van der Waals surface area (Å²) in [5.41, 5.74) is 1.33. The largest absolute Gasteiger partial charge is 0.467 e. The number of halogens is 1. The van der Waals surface area contributed by atoms with Gasteiger partial charge in [-0.05, 0) is 48.0 Å². The first-order chi connectivity index (χ1) is 13.6. The summed E-state index contributed by atoms with van der Waals surface area (Å²) < 4.78 is 18.3. The van der Waals surface area contributed by atoms with E-state index in [0.717, 1.165) is 0 Å². The van der Waals surface area contributed by atoms with Crippen molar-refractivity contribution in [1.82, 2.24) is 4.90 Å². The minimum absolute atomic E-state index is 0.137. The smallest absolute Gasteiger partial charge is 0.247 e. The standard InChI is InChI=1S/C22H19FN2O3/c23-18-11-8-17(9-12-18)10-13-22(27)25(15-20-7-4-14-28-20)16-21(26)24-19-5-2-1-3-6-19/h1-14H,15-16H2,(H,24,26)/b13-10+. The van der Waals surface area contributed by atoms with Crippen LogP contribution in [0.2, 0.25) is 0 Å². The lowest BCUT2D eigenvalue weighted by atomic mass is 10.2. The van der Waals surface area contributed by atoms with Crippen LogP contribution in [0, 0.1) is 5.82 Å². The monoisotopic (exact) mass is 378 g/mol. The number of nitrogens with zero attached hydrogens (tertiary/aromatic N) is 1. The van der Waals surface area contributed by atoms with E-state index in [2.05, 4.69) is 5.32 Å². The second-order valence-corrected chi connectivity index (χ2v) is 6.07. The number of para-hydroxylation sites is 1. The highest BCUT2D eigenvalue weighted by Gasteiger charge is 2.17. The first-order valence-corrected chi connectivity index (χ1v) is 8.70. The van der Waals surface area contributed by atoms with Crippen molar-refractivity contribution in [2.24, 2.45) is 0 Å². The van der Waals surface area contributed by atoms with E-state index in [-0.39, 0.29) is 30.7 Å². The fourth-order valence-electron chi connectivity index (χ4n) is 2.54. The minimum Gasteiger partial charge on any atom is -0.467 e. The Morgan fingerprint density at radius 3 is 2.43 bits per heavy atom. The highest BCUT2D eigenvalue weighted by Crippen LogP contribution is 2.10. The molecule has 0 fully saturated rings. The molecule has 5 nitrogen and oxygen atoms in total. The van der Waals surface area contributed by atoms with E-state index in [1.165, 1.54) is 29.4 Å². The molecular weight excluding hydrogens is 359 g/mol. The third-order valence-electron chi connectivity index (χ3n) is 3.92. The summed E-state index contributed by atoms with van der Waals surface area (Å²) in [4.78, 5) is 26.4. The Kier molecular flexibility index (Phi) is 6.36. The van der Waals surface area contributed by atoms with Crippen LogP contribution >= 0.6 is 0 Å². The number of carbonyl (C=O) groups is 2. The van der Waals surface area contributed by atoms with E-state index in [9.17, 15) is 14.0 Å². The van der Waals surface area contributed by atoms with Crippen LogP contribution in [0.5, 0.6) is 0 Å². The molecule has 3 aromatic rings. The van der Waals surface area contributed by atoms with Crippen LogP contribution in [0.15, 0.2) is 83.5 Å². The highest BCUT2D eigenvalue weighted by atomic mass is 19.1. The Labute approximate surface area is 162 Å². The molecule has 0 saturated heterocycles. The number of hydrogen-bond acceptors (Lipinski definition) is 3. The van der Waals surface area contributed by atoms with Crippen molar-refractivity contribution in [3.63, 3.8) is 0 Å². The molecule has 1 aromatic heterocycles. The molecule has 0 aliphatic heterocycles. The summed E-state index contributed by atoms with van der Waals surface area (Å²) in [6.45, 7) is 0.0178. The highest BCUT2D eigenvalue weighted by molar-refractivity contribution is 5.98. The second kappa shape index (κ2) is 9.32.